The smallest absolute Gasteiger partial charge is 0.277 e. The summed E-state index contributed by atoms with van der Waals surface area (Å²) < 4.78 is 16.3. The van der Waals surface area contributed by atoms with Crippen molar-refractivity contribution in [3.63, 3.8) is 0 Å². The molecule has 0 atom stereocenters. The average Bonchev–Trinajstić information content (AvgIpc) is 3.15. The van der Waals surface area contributed by atoms with Crippen LogP contribution in [0.5, 0.6) is 11.5 Å². The van der Waals surface area contributed by atoms with Crippen LogP contribution in [0.1, 0.15) is 17.0 Å². The molecule has 0 aliphatic rings. The second-order valence-corrected chi connectivity index (χ2v) is 7.01. The van der Waals surface area contributed by atoms with Gasteiger partial charge in [-0.25, -0.2) is 0 Å². The van der Waals surface area contributed by atoms with Gasteiger partial charge in [0, 0.05) is 11.8 Å². The lowest BCUT2D eigenvalue weighted by atomic mass is 10.1. The molecule has 1 aromatic heterocycles. The van der Waals surface area contributed by atoms with Gasteiger partial charge in [-0.1, -0.05) is 35.5 Å². The SMILES string of the molecule is COc1cccc(OCc2nnc(SCC(=O)Nc3ccc(C)cc3C)o2)c1. The van der Waals surface area contributed by atoms with E-state index in [0.717, 1.165) is 16.8 Å². The molecule has 1 amide bonds. The Labute approximate surface area is 167 Å². The van der Waals surface area contributed by atoms with Crippen molar-refractivity contribution in [3.8, 4) is 11.5 Å². The van der Waals surface area contributed by atoms with Crippen molar-refractivity contribution in [3.05, 3.63) is 59.5 Å². The van der Waals surface area contributed by atoms with Gasteiger partial charge < -0.3 is 19.2 Å². The molecular weight excluding hydrogens is 378 g/mol. The first kappa shape index (κ1) is 19.8. The minimum Gasteiger partial charge on any atom is -0.497 e. The molecule has 0 saturated carbocycles. The predicted molar refractivity (Wildman–Crippen MR) is 107 cm³/mol. The number of methoxy groups -OCH3 is 1. The van der Waals surface area contributed by atoms with Crippen molar-refractivity contribution in [2.24, 2.45) is 0 Å². The maximum atomic E-state index is 12.1. The van der Waals surface area contributed by atoms with Gasteiger partial charge in [-0.05, 0) is 37.6 Å². The van der Waals surface area contributed by atoms with E-state index < -0.39 is 0 Å². The molecule has 8 heteroatoms. The van der Waals surface area contributed by atoms with Crippen LogP contribution in [-0.2, 0) is 11.4 Å². The van der Waals surface area contributed by atoms with Crippen LogP contribution in [0.4, 0.5) is 5.69 Å². The third-order valence-electron chi connectivity index (χ3n) is 3.83. The number of carbonyl (C=O) groups excluding carboxylic acids is 1. The van der Waals surface area contributed by atoms with Gasteiger partial charge in [-0.3, -0.25) is 4.79 Å². The summed E-state index contributed by atoms with van der Waals surface area (Å²) in [5.74, 6) is 1.71. The number of benzene rings is 2. The van der Waals surface area contributed by atoms with Crippen LogP contribution in [0.3, 0.4) is 0 Å². The minimum absolute atomic E-state index is 0.134. The molecule has 3 aromatic rings. The van der Waals surface area contributed by atoms with Crippen LogP contribution in [0.25, 0.3) is 0 Å². The van der Waals surface area contributed by atoms with E-state index >= 15 is 0 Å². The quantitative estimate of drug-likeness (QED) is 0.573. The summed E-state index contributed by atoms with van der Waals surface area (Å²) in [6.45, 7) is 4.11. The highest BCUT2D eigenvalue weighted by Gasteiger charge is 2.11. The molecule has 0 unspecified atom stereocenters. The van der Waals surface area contributed by atoms with Crippen molar-refractivity contribution in [1.29, 1.82) is 0 Å². The normalized spacial score (nSPS) is 10.5. The van der Waals surface area contributed by atoms with E-state index in [0.29, 0.717) is 22.6 Å². The fourth-order valence-electron chi connectivity index (χ4n) is 2.46. The van der Waals surface area contributed by atoms with Crippen LogP contribution in [-0.4, -0.2) is 29.0 Å². The summed E-state index contributed by atoms with van der Waals surface area (Å²) in [6.07, 6.45) is 0. The van der Waals surface area contributed by atoms with Gasteiger partial charge in [0.05, 0.1) is 12.9 Å². The zero-order valence-electron chi connectivity index (χ0n) is 15.9. The molecule has 146 valence electrons. The molecule has 0 bridgehead atoms. The molecule has 1 N–H and O–H groups in total. The summed E-state index contributed by atoms with van der Waals surface area (Å²) >= 11 is 1.18. The van der Waals surface area contributed by atoms with E-state index in [1.165, 1.54) is 11.8 Å². The van der Waals surface area contributed by atoms with E-state index in [4.69, 9.17) is 13.9 Å². The van der Waals surface area contributed by atoms with Crippen LogP contribution in [0.15, 0.2) is 52.1 Å². The summed E-state index contributed by atoms with van der Waals surface area (Å²) in [4.78, 5) is 12.1. The van der Waals surface area contributed by atoms with Crippen LogP contribution < -0.4 is 14.8 Å². The molecule has 0 spiro atoms. The van der Waals surface area contributed by atoms with E-state index in [1.54, 1.807) is 13.2 Å². The van der Waals surface area contributed by atoms with E-state index in [1.807, 2.05) is 50.2 Å². The van der Waals surface area contributed by atoms with Gasteiger partial charge in [0.2, 0.25) is 5.91 Å². The fraction of sp³-hybridized carbons (Fsp3) is 0.250. The van der Waals surface area contributed by atoms with Crippen molar-refractivity contribution in [2.45, 2.75) is 25.7 Å². The Hall–Kier alpha value is -3.00. The Balaban J connectivity index is 1.48. The minimum atomic E-state index is -0.135. The van der Waals surface area contributed by atoms with E-state index in [2.05, 4.69) is 15.5 Å². The summed E-state index contributed by atoms with van der Waals surface area (Å²) in [7, 11) is 1.59. The second-order valence-electron chi connectivity index (χ2n) is 6.08. The maximum absolute atomic E-state index is 12.1. The maximum Gasteiger partial charge on any atom is 0.277 e. The van der Waals surface area contributed by atoms with Gasteiger partial charge in [0.15, 0.2) is 6.61 Å². The van der Waals surface area contributed by atoms with Crippen molar-refractivity contribution < 1.29 is 18.7 Å². The average molecular weight is 399 g/mol. The molecule has 0 saturated heterocycles. The van der Waals surface area contributed by atoms with Gasteiger partial charge in [-0.2, -0.15) is 0 Å². The number of carbonyl (C=O) groups is 1. The summed E-state index contributed by atoms with van der Waals surface area (Å²) in [6, 6.07) is 13.1. The van der Waals surface area contributed by atoms with Crippen LogP contribution >= 0.6 is 11.8 Å². The topological polar surface area (TPSA) is 86.5 Å². The number of rotatable bonds is 8. The van der Waals surface area contributed by atoms with Crippen LogP contribution in [0.2, 0.25) is 0 Å². The summed E-state index contributed by atoms with van der Waals surface area (Å²) in [5.41, 5.74) is 2.97. The highest BCUT2D eigenvalue weighted by Crippen LogP contribution is 2.22. The Bertz CT molecular complexity index is 958. The molecule has 0 fully saturated rings. The number of aryl methyl sites for hydroxylation is 2. The fourth-order valence-corrected chi connectivity index (χ4v) is 3.04. The highest BCUT2D eigenvalue weighted by atomic mass is 32.2. The zero-order valence-corrected chi connectivity index (χ0v) is 16.7. The molecule has 0 aliphatic heterocycles. The number of amides is 1. The lowest BCUT2D eigenvalue weighted by Gasteiger charge is -2.08. The molecule has 1 heterocycles. The number of hydrogen-bond donors (Lipinski definition) is 1. The molecular formula is C20H21N3O4S. The zero-order chi connectivity index (χ0) is 19.9. The standard InChI is InChI=1S/C20H21N3O4S/c1-13-7-8-17(14(2)9-13)21-18(24)12-28-20-23-22-19(27-20)11-26-16-6-4-5-15(10-16)25-3/h4-10H,11-12H2,1-3H3,(H,21,24). The van der Waals surface area contributed by atoms with Gasteiger partial charge in [0.25, 0.3) is 11.1 Å². The Morgan fingerprint density at radius 2 is 1.96 bits per heavy atom. The molecule has 28 heavy (non-hydrogen) atoms. The number of nitrogens with one attached hydrogen (secondary N) is 1. The third-order valence-corrected chi connectivity index (χ3v) is 4.65. The number of aromatic nitrogens is 2. The first-order chi connectivity index (χ1) is 13.5. The van der Waals surface area contributed by atoms with Gasteiger partial charge in [-0.15, -0.1) is 10.2 Å². The largest absolute Gasteiger partial charge is 0.497 e. The Kier molecular flexibility index (Phi) is 6.54. The first-order valence-electron chi connectivity index (χ1n) is 8.62. The lowest BCUT2D eigenvalue weighted by Crippen LogP contribution is -2.14. The van der Waals surface area contributed by atoms with Crippen molar-refractivity contribution >= 4 is 23.4 Å². The second kappa shape index (κ2) is 9.27. The molecule has 0 radical (unpaired) electrons. The monoisotopic (exact) mass is 399 g/mol. The number of hydrogen-bond acceptors (Lipinski definition) is 7. The summed E-state index contributed by atoms with van der Waals surface area (Å²) in [5, 5.41) is 11.1. The number of anilines is 1. The molecule has 3 rings (SSSR count). The lowest BCUT2D eigenvalue weighted by molar-refractivity contribution is -0.113. The number of nitrogens with zero attached hydrogens (tertiary/aromatic N) is 2. The van der Waals surface area contributed by atoms with E-state index in [-0.39, 0.29) is 18.3 Å². The third kappa shape index (κ3) is 5.50. The molecule has 7 nitrogen and oxygen atoms in total. The van der Waals surface area contributed by atoms with Crippen molar-refractivity contribution in [1.82, 2.24) is 10.2 Å². The number of ether oxygens (including phenoxy) is 2. The Morgan fingerprint density at radius 1 is 1.14 bits per heavy atom. The van der Waals surface area contributed by atoms with Crippen LogP contribution in [0, 0.1) is 13.8 Å². The van der Waals surface area contributed by atoms with Gasteiger partial charge >= 0.3 is 0 Å². The number of thioether (sulfide) groups is 1. The molecule has 2 aromatic carbocycles. The first-order valence-corrected chi connectivity index (χ1v) is 9.61. The Morgan fingerprint density at radius 3 is 2.75 bits per heavy atom. The molecule has 0 aliphatic carbocycles. The van der Waals surface area contributed by atoms with Crippen molar-refractivity contribution in [2.75, 3.05) is 18.2 Å². The highest BCUT2D eigenvalue weighted by molar-refractivity contribution is 7.99. The predicted octanol–water partition coefficient (Wildman–Crippen LogP) is 4.00. The van der Waals surface area contributed by atoms with E-state index in [9.17, 15) is 4.79 Å². The van der Waals surface area contributed by atoms with Gasteiger partial charge in [0.1, 0.15) is 11.5 Å².